The van der Waals surface area contributed by atoms with Gasteiger partial charge in [-0.1, -0.05) is 6.07 Å². The predicted octanol–water partition coefficient (Wildman–Crippen LogP) is 1.96. The number of aromatic amines is 1. The summed E-state index contributed by atoms with van der Waals surface area (Å²) in [6.07, 6.45) is -4.14. The van der Waals surface area contributed by atoms with E-state index in [0.717, 1.165) is 11.3 Å². The van der Waals surface area contributed by atoms with Crippen molar-refractivity contribution in [1.82, 2.24) is 14.9 Å². The molecule has 1 amide bonds. The van der Waals surface area contributed by atoms with Crippen LogP contribution in [0.1, 0.15) is 22.3 Å². The van der Waals surface area contributed by atoms with Gasteiger partial charge in [0.15, 0.2) is 0 Å². The van der Waals surface area contributed by atoms with E-state index in [0.29, 0.717) is 15.5 Å². The predicted molar refractivity (Wildman–Crippen MR) is 72.8 cm³/mol. The zero-order valence-electron chi connectivity index (χ0n) is 11.4. The molecule has 2 atom stereocenters. The number of H-pyrrole nitrogens is 1. The summed E-state index contributed by atoms with van der Waals surface area (Å²) in [4.78, 5) is 30.9. The molecule has 0 saturated carbocycles. The SMILES string of the molecule is O=C(O)[C@@H]1Cc2[nH]cnc2[C@H](c2cccs2)N1C(=O)C(F)(F)F. The van der Waals surface area contributed by atoms with Gasteiger partial charge in [0.2, 0.25) is 0 Å². The summed E-state index contributed by atoms with van der Waals surface area (Å²) >= 11 is 1.13. The molecule has 0 bridgehead atoms. The summed E-state index contributed by atoms with van der Waals surface area (Å²) in [6, 6.07) is 0.367. The standard InChI is InChI=1S/C13H10F3N3O3S/c14-13(15,16)12(22)19-7(11(20)21)4-6-9(18-5-17-6)10(19)8-2-1-3-23-8/h1-3,5,7,10H,4H2,(H,17,18)(H,20,21)/t7-,10-/m0/s1. The van der Waals surface area contributed by atoms with Crippen LogP contribution < -0.4 is 0 Å². The zero-order valence-corrected chi connectivity index (χ0v) is 12.2. The quantitative estimate of drug-likeness (QED) is 0.871. The van der Waals surface area contributed by atoms with Gasteiger partial charge in [0.1, 0.15) is 12.1 Å². The lowest BCUT2D eigenvalue weighted by Crippen LogP contribution is -2.55. The van der Waals surface area contributed by atoms with Crippen LogP contribution in [0.3, 0.4) is 0 Å². The van der Waals surface area contributed by atoms with Crippen LogP contribution in [0.4, 0.5) is 13.2 Å². The van der Waals surface area contributed by atoms with Gasteiger partial charge in [0.05, 0.1) is 12.0 Å². The Kier molecular flexibility index (Phi) is 3.63. The van der Waals surface area contributed by atoms with Crippen LogP contribution in [-0.2, 0) is 16.0 Å². The van der Waals surface area contributed by atoms with E-state index >= 15 is 0 Å². The van der Waals surface area contributed by atoms with E-state index in [1.54, 1.807) is 17.5 Å². The number of nitrogens with one attached hydrogen (secondary N) is 1. The molecular weight excluding hydrogens is 335 g/mol. The number of carbonyl (C=O) groups is 2. The number of hydrogen-bond donors (Lipinski definition) is 2. The lowest BCUT2D eigenvalue weighted by atomic mass is 9.94. The first-order valence-electron chi connectivity index (χ1n) is 6.48. The monoisotopic (exact) mass is 345 g/mol. The number of carbonyl (C=O) groups excluding carboxylic acids is 1. The molecule has 0 unspecified atom stereocenters. The molecule has 122 valence electrons. The molecule has 0 spiro atoms. The molecule has 10 heteroatoms. The normalized spacial score (nSPS) is 21.1. The Hall–Kier alpha value is -2.36. The first-order valence-corrected chi connectivity index (χ1v) is 7.36. The van der Waals surface area contributed by atoms with Crippen LogP contribution in [0.5, 0.6) is 0 Å². The highest BCUT2D eigenvalue weighted by Gasteiger charge is 2.52. The summed E-state index contributed by atoms with van der Waals surface area (Å²) in [5, 5.41) is 11.0. The molecule has 3 rings (SSSR count). The first kappa shape index (κ1) is 15.5. The van der Waals surface area contributed by atoms with E-state index in [9.17, 15) is 27.9 Å². The minimum atomic E-state index is -5.17. The van der Waals surface area contributed by atoms with E-state index in [-0.39, 0.29) is 12.1 Å². The summed E-state index contributed by atoms with van der Waals surface area (Å²) in [7, 11) is 0. The van der Waals surface area contributed by atoms with Gasteiger partial charge in [0, 0.05) is 17.0 Å². The molecule has 6 nitrogen and oxygen atoms in total. The number of nitrogens with zero attached hydrogens (tertiary/aromatic N) is 2. The first-order chi connectivity index (χ1) is 10.8. The highest BCUT2D eigenvalue weighted by atomic mass is 32.1. The average Bonchev–Trinajstić information content (AvgIpc) is 3.14. The molecule has 0 radical (unpaired) electrons. The smallest absolute Gasteiger partial charge is 0.471 e. The van der Waals surface area contributed by atoms with Gasteiger partial charge in [-0.05, 0) is 11.4 Å². The Balaban J connectivity index is 2.17. The summed E-state index contributed by atoms with van der Waals surface area (Å²) in [5.41, 5.74) is 0.657. The number of aliphatic carboxylic acids is 1. The van der Waals surface area contributed by atoms with Gasteiger partial charge in [-0.3, -0.25) is 4.79 Å². The van der Waals surface area contributed by atoms with Crippen molar-refractivity contribution >= 4 is 23.2 Å². The Bertz CT molecular complexity index is 741. The number of fused-ring (bicyclic) bond motifs is 1. The number of rotatable bonds is 2. The fraction of sp³-hybridized carbons (Fsp3) is 0.308. The maximum atomic E-state index is 13.0. The summed E-state index contributed by atoms with van der Waals surface area (Å²) in [6.45, 7) is 0. The summed E-state index contributed by atoms with van der Waals surface area (Å²) < 4.78 is 38.9. The van der Waals surface area contributed by atoms with Crippen molar-refractivity contribution in [3.63, 3.8) is 0 Å². The molecule has 1 aliphatic heterocycles. The van der Waals surface area contributed by atoms with Crippen molar-refractivity contribution in [1.29, 1.82) is 0 Å². The number of carboxylic acids is 1. The molecule has 2 N–H and O–H groups in total. The number of amides is 1. The lowest BCUT2D eigenvalue weighted by molar-refractivity contribution is -0.192. The fourth-order valence-corrected chi connectivity index (χ4v) is 3.49. The van der Waals surface area contributed by atoms with Gasteiger partial charge >= 0.3 is 18.1 Å². The van der Waals surface area contributed by atoms with E-state index in [1.807, 2.05) is 0 Å². The minimum Gasteiger partial charge on any atom is -0.480 e. The third kappa shape index (κ3) is 2.58. The zero-order chi connectivity index (χ0) is 16.8. The van der Waals surface area contributed by atoms with Crippen LogP contribution in [0.15, 0.2) is 23.8 Å². The number of imidazole rings is 1. The molecule has 3 heterocycles. The lowest BCUT2D eigenvalue weighted by Gasteiger charge is -2.39. The average molecular weight is 345 g/mol. The van der Waals surface area contributed by atoms with Gasteiger partial charge < -0.3 is 15.0 Å². The minimum absolute atomic E-state index is 0.238. The molecular formula is C13H10F3N3O3S. The van der Waals surface area contributed by atoms with Crippen molar-refractivity contribution in [3.05, 3.63) is 40.1 Å². The number of carboxylic acid groups (broad SMARTS) is 1. The second kappa shape index (κ2) is 5.37. The Morgan fingerprint density at radius 3 is 2.74 bits per heavy atom. The van der Waals surface area contributed by atoms with Crippen LogP contribution in [0.2, 0.25) is 0 Å². The number of halogens is 3. The van der Waals surface area contributed by atoms with Gasteiger partial charge in [-0.2, -0.15) is 13.2 Å². The number of hydrogen-bond acceptors (Lipinski definition) is 4. The van der Waals surface area contributed by atoms with Crippen LogP contribution in [0, 0.1) is 0 Å². The fourth-order valence-electron chi connectivity index (χ4n) is 2.66. The van der Waals surface area contributed by atoms with Gasteiger partial charge in [-0.15, -0.1) is 11.3 Å². The van der Waals surface area contributed by atoms with Crippen molar-refractivity contribution in [2.24, 2.45) is 0 Å². The van der Waals surface area contributed by atoms with E-state index in [4.69, 9.17) is 0 Å². The van der Waals surface area contributed by atoms with Crippen LogP contribution in [0.25, 0.3) is 0 Å². The second-order valence-corrected chi connectivity index (χ2v) is 5.93. The topological polar surface area (TPSA) is 86.3 Å². The van der Waals surface area contributed by atoms with Crippen molar-refractivity contribution in [2.45, 2.75) is 24.7 Å². The molecule has 0 saturated heterocycles. The molecule has 0 aliphatic carbocycles. The van der Waals surface area contributed by atoms with Crippen molar-refractivity contribution in [3.8, 4) is 0 Å². The Morgan fingerprint density at radius 2 is 2.17 bits per heavy atom. The highest BCUT2D eigenvalue weighted by molar-refractivity contribution is 7.10. The molecule has 2 aromatic heterocycles. The van der Waals surface area contributed by atoms with Crippen LogP contribution >= 0.6 is 11.3 Å². The number of aromatic nitrogens is 2. The largest absolute Gasteiger partial charge is 0.480 e. The maximum absolute atomic E-state index is 13.0. The molecule has 1 aliphatic rings. The molecule has 0 fully saturated rings. The maximum Gasteiger partial charge on any atom is 0.471 e. The highest BCUT2D eigenvalue weighted by Crippen LogP contribution is 2.40. The number of alkyl halides is 3. The summed E-state index contributed by atoms with van der Waals surface area (Å²) in [5.74, 6) is -3.68. The Morgan fingerprint density at radius 1 is 1.43 bits per heavy atom. The van der Waals surface area contributed by atoms with Crippen molar-refractivity contribution < 1.29 is 27.9 Å². The van der Waals surface area contributed by atoms with Crippen molar-refractivity contribution in [2.75, 3.05) is 0 Å². The molecule has 23 heavy (non-hydrogen) atoms. The molecule has 2 aromatic rings. The Labute approximate surface area is 131 Å². The van der Waals surface area contributed by atoms with E-state index < -0.39 is 30.1 Å². The third-order valence-electron chi connectivity index (χ3n) is 3.60. The van der Waals surface area contributed by atoms with Gasteiger partial charge in [-0.25, -0.2) is 9.78 Å². The second-order valence-electron chi connectivity index (χ2n) is 4.95. The van der Waals surface area contributed by atoms with Crippen LogP contribution in [-0.4, -0.2) is 44.1 Å². The van der Waals surface area contributed by atoms with E-state index in [1.165, 1.54) is 6.33 Å². The molecule has 0 aromatic carbocycles. The van der Waals surface area contributed by atoms with E-state index in [2.05, 4.69) is 9.97 Å². The number of thiophene rings is 1. The third-order valence-corrected chi connectivity index (χ3v) is 4.52. The van der Waals surface area contributed by atoms with Gasteiger partial charge in [0.25, 0.3) is 0 Å².